The highest BCUT2D eigenvalue weighted by molar-refractivity contribution is 6.05. The van der Waals surface area contributed by atoms with Crippen molar-refractivity contribution in [2.75, 3.05) is 20.2 Å². The van der Waals surface area contributed by atoms with Gasteiger partial charge in [0.15, 0.2) is 0 Å². The highest BCUT2D eigenvalue weighted by Crippen LogP contribution is 2.23. The number of nitro groups is 1. The molecule has 2 aromatic carbocycles. The second-order valence-corrected chi connectivity index (χ2v) is 8.39. The van der Waals surface area contributed by atoms with Gasteiger partial charge in [-0.1, -0.05) is 23.4 Å². The van der Waals surface area contributed by atoms with Crippen LogP contribution in [0.2, 0.25) is 0 Å². The molecule has 1 aromatic heterocycles. The van der Waals surface area contributed by atoms with Crippen LogP contribution in [0.3, 0.4) is 0 Å². The number of aromatic nitrogens is 1. The molecule has 1 aliphatic rings. The Hall–Kier alpha value is -4.64. The molecule has 2 amide bonds. The lowest BCUT2D eigenvalue weighted by Crippen LogP contribution is -2.46. The molecule has 11 nitrogen and oxygen atoms in total. The lowest BCUT2D eigenvalue weighted by atomic mass is 10.1. The number of nitrogens with zero attached hydrogens (tertiary/aromatic N) is 4. The minimum atomic E-state index is -1.08. The van der Waals surface area contributed by atoms with Crippen molar-refractivity contribution in [1.82, 2.24) is 15.2 Å². The number of likely N-dealkylation sites (tertiary alicyclic amines) is 1. The molecule has 0 aliphatic carbocycles. The van der Waals surface area contributed by atoms with Crippen LogP contribution in [0.4, 0.5) is 5.69 Å². The minimum Gasteiger partial charge on any atom is -0.399 e. The Morgan fingerprint density at radius 1 is 1.19 bits per heavy atom. The molecule has 0 bridgehead atoms. The molecule has 3 aromatic rings. The number of carbonyl (C=O) groups excluding carboxylic acids is 2. The maximum atomic E-state index is 13.3. The van der Waals surface area contributed by atoms with Crippen molar-refractivity contribution in [3.8, 4) is 11.3 Å². The minimum absolute atomic E-state index is 0.0990. The van der Waals surface area contributed by atoms with E-state index in [2.05, 4.69) is 15.5 Å². The number of rotatable bonds is 8. The zero-order chi connectivity index (χ0) is 26.4. The Kier molecular flexibility index (Phi) is 7.84. The van der Waals surface area contributed by atoms with Crippen LogP contribution in [0.15, 0.2) is 78.1 Å². The van der Waals surface area contributed by atoms with Gasteiger partial charge in [0.2, 0.25) is 5.91 Å². The third kappa shape index (κ3) is 5.96. The summed E-state index contributed by atoms with van der Waals surface area (Å²) in [4.78, 5) is 47.3. The molecular weight excluding hydrogens is 478 g/mol. The van der Waals surface area contributed by atoms with Crippen molar-refractivity contribution < 1.29 is 24.5 Å². The number of hydrogen-bond donors (Lipinski definition) is 2. The standard InChI is InChI=1S/C26H25N5O6/c1-37-29-20-14-23(25(33)28-15-24(32)18-9-11-21(12-10-18)31(35)36)30(16-20)26(34)19-7-5-17(6-8-19)22-4-2-3-13-27-22/h2-13,23-24,32H,14-16H2,1H3,(H,28,33)/t23-,24+/m0/s1. The van der Waals surface area contributed by atoms with Gasteiger partial charge in [-0.05, 0) is 42.0 Å². The Morgan fingerprint density at radius 3 is 2.54 bits per heavy atom. The third-order valence-electron chi connectivity index (χ3n) is 5.99. The fourth-order valence-corrected chi connectivity index (χ4v) is 4.08. The van der Waals surface area contributed by atoms with Crippen molar-refractivity contribution in [3.05, 3.63) is 94.2 Å². The monoisotopic (exact) mass is 503 g/mol. The second kappa shape index (κ2) is 11.4. The summed E-state index contributed by atoms with van der Waals surface area (Å²) in [5.41, 5.74) is 2.90. The van der Waals surface area contributed by atoms with E-state index in [1.54, 1.807) is 30.5 Å². The van der Waals surface area contributed by atoms with Gasteiger partial charge >= 0.3 is 0 Å². The number of oxime groups is 1. The highest BCUT2D eigenvalue weighted by atomic mass is 16.6. The van der Waals surface area contributed by atoms with Crippen molar-refractivity contribution in [3.63, 3.8) is 0 Å². The van der Waals surface area contributed by atoms with Crippen LogP contribution < -0.4 is 5.32 Å². The van der Waals surface area contributed by atoms with E-state index in [0.717, 1.165) is 11.3 Å². The van der Waals surface area contributed by atoms with Crippen molar-refractivity contribution in [1.29, 1.82) is 0 Å². The van der Waals surface area contributed by atoms with Gasteiger partial charge in [0, 0.05) is 42.4 Å². The van der Waals surface area contributed by atoms with Crippen LogP contribution in [-0.4, -0.2) is 63.7 Å². The predicted octanol–water partition coefficient (Wildman–Crippen LogP) is 2.72. The zero-order valence-corrected chi connectivity index (χ0v) is 20.0. The van der Waals surface area contributed by atoms with E-state index in [1.807, 2.05) is 18.2 Å². The molecule has 1 fully saturated rings. The number of carbonyl (C=O) groups is 2. The topological polar surface area (TPSA) is 147 Å². The van der Waals surface area contributed by atoms with Crippen LogP contribution in [-0.2, 0) is 9.63 Å². The summed E-state index contributed by atoms with van der Waals surface area (Å²) >= 11 is 0. The van der Waals surface area contributed by atoms with Crippen LogP contribution in [0.1, 0.15) is 28.4 Å². The van der Waals surface area contributed by atoms with Crippen molar-refractivity contribution >= 4 is 23.2 Å². The molecule has 4 rings (SSSR count). The SMILES string of the molecule is CON=C1C[C@@H](C(=O)NC[C@@H](O)c2ccc([N+](=O)[O-])cc2)N(C(=O)c2ccc(-c3ccccn3)cc2)C1. The number of non-ortho nitro benzene ring substituents is 1. The van der Waals surface area contributed by atoms with Gasteiger partial charge in [0.1, 0.15) is 13.2 Å². The third-order valence-corrected chi connectivity index (χ3v) is 5.99. The molecule has 0 saturated carbocycles. The number of aliphatic hydroxyl groups excluding tert-OH is 1. The summed E-state index contributed by atoms with van der Waals surface area (Å²) in [5, 5.41) is 27.9. The number of nitro benzene ring substituents is 1. The zero-order valence-electron chi connectivity index (χ0n) is 20.0. The van der Waals surface area contributed by atoms with Gasteiger partial charge in [0.05, 0.1) is 29.0 Å². The molecule has 1 saturated heterocycles. The number of benzene rings is 2. The Balaban J connectivity index is 1.45. The van der Waals surface area contributed by atoms with E-state index in [-0.39, 0.29) is 31.1 Å². The number of aliphatic hydroxyl groups is 1. The quantitative estimate of drug-likeness (QED) is 0.355. The normalized spacial score (nSPS) is 16.9. The van der Waals surface area contributed by atoms with Crippen LogP contribution in [0.25, 0.3) is 11.3 Å². The summed E-state index contributed by atoms with van der Waals surface area (Å²) in [6.07, 6.45) is 0.795. The molecule has 0 spiro atoms. The van der Waals surface area contributed by atoms with E-state index in [0.29, 0.717) is 16.8 Å². The van der Waals surface area contributed by atoms with Crippen LogP contribution in [0.5, 0.6) is 0 Å². The molecule has 2 heterocycles. The average molecular weight is 504 g/mol. The van der Waals surface area contributed by atoms with Gasteiger partial charge < -0.3 is 20.2 Å². The summed E-state index contributed by atoms with van der Waals surface area (Å²) in [6, 6.07) is 17.1. The fourth-order valence-electron chi connectivity index (χ4n) is 4.08. The maximum Gasteiger partial charge on any atom is 0.269 e. The van der Waals surface area contributed by atoms with Crippen LogP contribution in [0, 0.1) is 10.1 Å². The van der Waals surface area contributed by atoms with Gasteiger partial charge in [0.25, 0.3) is 11.6 Å². The molecule has 0 radical (unpaired) electrons. The van der Waals surface area contributed by atoms with Gasteiger partial charge in [-0.15, -0.1) is 0 Å². The summed E-state index contributed by atoms with van der Waals surface area (Å²) < 4.78 is 0. The summed E-state index contributed by atoms with van der Waals surface area (Å²) in [5.74, 6) is -0.800. The van der Waals surface area contributed by atoms with E-state index in [9.17, 15) is 24.8 Å². The van der Waals surface area contributed by atoms with Gasteiger partial charge in [-0.3, -0.25) is 24.7 Å². The summed E-state index contributed by atoms with van der Waals surface area (Å²) in [7, 11) is 1.39. The first kappa shape index (κ1) is 25.5. The Bertz CT molecular complexity index is 1300. The number of hydrogen-bond acceptors (Lipinski definition) is 8. The lowest BCUT2D eigenvalue weighted by molar-refractivity contribution is -0.384. The molecule has 190 valence electrons. The smallest absolute Gasteiger partial charge is 0.269 e. The Morgan fingerprint density at radius 2 is 1.92 bits per heavy atom. The van der Waals surface area contributed by atoms with E-state index in [1.165, 1.54) is 36.3 Å². The maximum absolute atomic E-state index is 13.3. The first-order valence-electron chi connectivity index (χ1n) is 11.5. The first-order valence-corrected chi connectivity index (χ1v) is 11.5. The largest absolute Gasteiger partial charge is 0.399 e. The predicted molar refractivity (Wildman–Crippen MR) is 135 cm³/mol. The number of pyridine rings is 1. The number of amides is 2. The molecule has 11 heteroatoms. The van der Waals surface area contributed by atoms with E-state index in [4.69, 9.17) is 4.84 Å². The molecule has 2 atom stereocenters. The molecular formula is C26H25N5O6. The van der Waals surface area contributed by atoms with Crippen molar-refractivity contribution in [2.24, 2.45) is 5.16 Å². The molecule has 2 N–H and O–H groups in total. The second-order valence-electron chi connectivity index (χ2n) is 8.39. The van der Waals surface area contributed by atoms with Crippen LogP contribution >= 0.6 is 0 Å². The summed E-state index contributed by atoms with van der Waals surface area (Å²) in [6.45, 7) is -0.0115. The van der Waals surface area contributed by atoms with E-state index < -0.39 is 23.0 Å². The fraction of sp³-hybridized carbons (Fsp3) is 0.231. The molecule has 1 aliphatic heterocycles. The first-order chi connectivity index (χ1) is 17.9. The van der Waals surface area contributed by atoms with E-state index >= 15 is 0 Å². The van der Waals surface area contributed by atoms with Gasteiger partial charge in [-0.2, -0.15) is 0 Å². The van der Waals surface area contributed by atoms with Crippen molar-refractivity contribution in [2.45, 2.75) is 18.6 Å². The molecule has 37 heavy (non-hydrogen) atoms. The number of nitrogens with one attached hydrogen (secondary N) is 1. The molecule has 0 unspecified atom stereocenters. The van der Waals surface area contributed by atoms with Gasteiger partial charge in [-0.25, -0.2) is 0 Å². The Labute approximate surface area is 212 Å². The highest BCUT2D eigenvalue weighted by Gasteiger charge is 2.38. The lowest BCUT2D eigenvalue weighted by Gasteiger charge is -2.24. The average Bonchev–Trinajstić information content (AvgIpc) is 3.36.